The van der Waals surface area contributed by atoms with Gasteiger partial charge in [-0.2, -0.15) is 10.1 Å². The Hall–Kier alpha value is -2.38. The minimum atomic E-state index is -0.162. The SMILES string of the molecule is CCOc1n[nH]c(NC(=O)CCn2cccn2)n1. The molecule has 0 saturated heterocycles. The fraction of sp³-hybridized carbons (Fsp3) is 0.400. The summed E-state index contributed by atoms with van der Waals surface area (Å²) in [5, 5.41) is 13.0. The highest BCUT2D eigenvalue weighted by Gasteiger charge is 2.07. The van der Waals surface area contributed by atoms with Gasteiger partial charge in [0.2, 0.25) is 11.9 Å². The number of carbonyl (C=O) groups excluding carboxylic acids is 1. The van der Waals surface area contributed by atoms with Crippen LogP contribution in [0.5, 0.6) is 6.01 Å². The third-order valence-corrected chi connectivity index (χ3v) is 2.12. The van der Waals surface area contributed by atoms with Crippen LogP contribution < -0.4 is 10.1 Å². The summed E-state index contributed by atoms with van der Waals surface area (Å²) < 4.78 is 6.75. The summed E-state index contributed by atoms with van der Waals surface area (Å²) in [4.78, 5) is 15.5. The second-order valence-corrected chi connectivity index (χ2v) is 3.47. The molecular formula is C10H14N6O2. The van der Waals surface area contributed by atoms with Crippen LogP contribution in [-0.4, -0.2) is 37.5 Å². The van der Waals surface area contributed by atoms with E-state index in [0.29, 0.717) is 19.6 Å². The maximum absolute atomic E-state index is 11.6. The van der Waals surface area contributed by atoms with Gasteiger partial charge < -0.3 is 4.74 Å². The molecule has 0 aliphatic carbocycles. The highest BCUT2D eigenvalue weighted by atomic mass is 16.5. The molecule has 8 heteroatoms. The topological polar surface area (TPSA) is 97.7 Å². The lowest BCUT2D eigenvalue weighted by molar-refractivity contribution is -0.116. The number of rotatable bonds is 6. The molecule has 2 N–H and O–H groups in total. The zero-order valence-corrected chi connectivity index (χ0v) is 9.96. The lowest BCUT2D eigenvalue weighted by atomic mass is 10.4. The molecule has 96 valence electrons. The van der Waals surface area contributed by atoms with Gasteiger partial charge in [0, 0.05) is 25.4 Å². The fourth-order valence-corrected chi connectivity index (χ4v) is 1.34. The van der Waals surface area contributed by atoms with Crippen molar-refractivity contribution in [3.63, 3.8) is 0 Å². The summed E-state index contributed by atoms with van der Waals surface area (Å²) in [6.45, 7) is 2.83. The van der Waals surface area contributed by atoms with Crippen molar-refractivity contribution in [3.8, 4) is 6.01 Å². The average Bonchev–Trinajstić information content (AvgIpc) is 2.99. The molecule has 2 heterocycles. The van der Waals surface area contributed by atoms with E-state index in [9.17, 15) is 4.79 Å². The van der Waals surface area contributed by atoms with Crippen LogP contribution in [0.3, 0.4) is 0 Å². The van der Waals surface area contributed by atoms with Crippen LogP contribution in [0.1, 0.15) is 13.3 Å². The quantitative estimate of drug-likeness (QED) is 0.774. The number of carbonyl (C=O) groups is 1. The predicted molar refractivity (Wildman–Crippen MR) is 63.0 cm³/mol. The number of nitrogens with one attached hydrogen (secondary N) is 2. The summed E-state index contributed by atoms with van der Waals surface area (Å²) in [5.74, 6) is 0.119. The van der Waals surface area contributed by atoms with E-state index in [1.807, 2.05) is 13.0 Å². The number of ether oxygens (including phenoxy) is 1. The molecule has 0 radical (unpaired) electrons. The number of aromatic nitrogens is 5. The highest BCUT2D eigenvalue weighted by molar-refractivity contribution is 5.88. The van der Waals surface area contributed by atoms with E-state index in [4.69, 9.17) is 4.74 Å². The molecule has 0 aromatic carbocycles. The van der Waals surface area contributed by atoms with Crippen LogP contribution in [0, 0.1) is 0 Å². The Morgan fingerprint density at radius 3 is 3.22 bits per heavy atom. The lowest BCUT2D eigenvalue weighted by Crippen LogP contribution is -2.15. The summed E-state index contributed by atoms with van der Waals surface area (Å²) in [6, 6.07) is 2.03. The van der Waals surface area contributed by atoms with Gasteiger partial charge >= 0.3 is 6.01 Å². The van der Waals surface area contributed by atoms with Crippen LogP contribution in [0.2, 0.25) is 0 Å². The molecule has 1 amide bonds. The molecule has 0 bridgehead atoms. The van der Waals surface area contributed by atoms with Gasteiger partial charge in [0.05, 0.1) is 6.61 Å². The van der Waals surface area contributed by atoms with E-state index in [-0.39, 0.29) is 17.9 Å². The summed E-state index contributed by atoms with van der Waals surface area (Å²) in [5.41, 5.74) is 0. The van der Waals surface area contributed by atoms with Gasteiger partial charge in [0.15, 0.2) is 0 Å². The molecule has 0 unspecified atom stereocenters. The maximum Gasteiger partial charge on any atom is 0.337 e. The third kappa shape index (κ3) is 3.30. The van der Waals surface area contributed by atoms with Gasteiger partial charge in [-0.1, -0.05) is 0 Å². The van der Waals surface area contributed by atoms with Crippen molar-refractivity contribution >= 4 is 11.9 Å². The Kier molecular flexibility index (Phi) is 3.90. The Labute approximate surface area is 103 Å². The van der Waals surface area contributed by atoms with Gasteiger partial charge in [0.25, 0.3) is 0 Å². The first-order valence-electron chi connectivity index (χ1n) is 5.60. The minimum Gasteiger partial charge on any atom is -0.463 e. The first-order valence-corrected chi connectivity index (χ1v) is 5.60. The lowest BCUT2D eigenvalue weighted by Gasteiger charge is -2.01. The summed E-state index contributed by atoms with van der Waals surface area (Å²) in [7, 11) is 0. The van der Waals surface area contributed by atoms with E-state index in [0.717, 1.165) is 0 Å². The molecule has 8 nitrogen and oxygen atoms in total. The number of hydrogen-bond donors (Lipinski definition) is 2. The second-order valence-electron chi connectivity index (χ2n) is 3.47. The third-order valence-electron chi connectivity index (χ3n) is 2.12. The number of hydrogen-bond acceptors (Lipinski definition) is 5. The Morgan fingerprint density at radius 2 is 2.50 bits per heavy atom. The van der Waals surface area contributed by atoms with E-state index in [1.54, 1.807) is 17.1 Å². The van der Waals surface area contributed by atoms with E-state index in [1.165, 1.54) is 0 Å². The zero-order valence-electron chi connectivity index (χ0n) is 9.96. The smallest absolute Gasteiger partial charge is 0.337 e. The molecule has 2 rings (SSSR count). The minimum absolute atomic E-state index is 0.162. The summed E-state index contributed by atoms with van der Waals surface area (Å²) in [6.07, 6.45) is 3.78. The Morgan fingerprint density at radius 1 is 1.61 bits per heavy atom. The monoisotopic (exact) mass is 250 g/mol. The normalized spacial score (nSPS) is 10.3. The molecule has 0 fully saturated rings. The van der Waals surface area contributed by atoms with Gasteiger partial charge in [-0.15, -0.1) is 5.10 Å². The maximum atomic E-state index is 11.6. The second kappa shape index (κ2) is 5.80. The van der Waals surface area contributed by atoms with Crippen molar-refractivity contribution < 1.29 is 9.53 Å². The van der Waals surface area contributed by atoms with Gasteiger partial charge in [0.1, 0.15) is 0 Å². The highest BCUT2D eigenvalue weighted by Crippen LogP contribution is 2.05. The number of amides is 1. The molecular weight excluding hydrogens is 236 g/mol. The van der Waals surface area contributed by atoms with E-state index < -0.39 is 0 Å². The van der Waals surface area contributed by atoms with Gasteiger partial charge in [-0.3, -0.25) is 14.8 Å². The molecule has 0 aliphatic heterocycles. The molecule has 0 spiro atoms. The van der Waals surface area contributed by atoms with Crippen molar-refractivity contribution in [3.05, 3.63) is 18.5 Å². The average molecular weight is 250 g/mol. The van der Waals surface area contributed by atoms with Crippen LogP contribution in [-0.2, 0) is 11.3 Å². The number of aromatic amines is 1. The van der Waals surface area contributed by atoms with Crippen molar-refractivity contribution in [2.45, 2.75) is 19.9 Å². The van der Waals surface area contributed by atoms with Crippen molar-refractivity contribution in [2.24, 2.45) is 0 Å². The first kappa shape index (κ1) is 12.1. The van der Waals surface area contributed by atoms with E-state index in [2.05, 4.69) is 25.6 Å². The predicted octanol–water partition coefficient (Wildman–Crippen LogP) is 0.429. The largest absolute Gasteiger partial charge is 0.463 e. The Balaban J connectivity index is 1.79. The zero-order chi connectivity index (χ0) is 12.8. The van der Waals surface area contributed by atoms with Gasteiger partial charge in [-0.25, -0.2) is 5.10 Å². The molecule has 0 saturated carbocycles. The molecule has 2 aromatic heterocycles. The fourth-order valence-electron chi connectivity index (χ4n) is 1.34. The van der Waals surface area contributed by atoms with Gasteiger partial charge in [-0.05, 0) is 13.0 Å². The van der Waals surface area contributed by atoms with Crippen molar-refractivity contribution in [2.75, 3.05) is 11.9 Å². The van der Waals surface area contributed by atoms with Crippen LogP contribution in [0.25, 0.3) is 0 Å². The molecule has 18 heavy (non-hydrogen) atoms. The van der Waals surface area contributed by atoms with Crippen LogP contribution in [0.15, 0.2) is 18.5 Å². The number of H-pyrrole nitrogens is 1. The Bertz CT molecular complexity index is 492. The van der Waals surface area contributed by atoms with Crippen molar-refractivity contribution in [1.29, 1.82) is 0 Å². The molecule has 0 atom stereocenters. The standard InChI is InChI=1S/C10H14N6O2/c1-2-18-10-13-9(14-15-10)12-8(17)4-7-16-6-3-5-11-16/h3,5-6H,2,4,7H2,1H3,(H2,12,13,14,15,17). The number of nitrogens with zero attached hydrogens (tertiary/aromatic N) is 4. The number of anilines is 1. The van der Waals surface area contributed by atoms with Crippen molar-refractivity contribution in [1.82, 2.24) is 25.0 Å². The van der Waals surface area contributed by atoms with Crippen LogP contribution in [0.4, 0.5) is 5.95 Å². The first-order chi connectivity index (χ1) is 8.78. The summed E-state index contributed by atoms with van der Waals surface area (Å²) >= 11 is 0. The van der Waals surface area contributed by atoms with E-state index >= 15 is 0 Å². The van der Waals surface area contributed by atoms with Crippen LogP contribution >= 0.6 is 0 Å². The number of aryl methyl sites for hydroxylation is 1. The molecule has 2 aromatic rings. The molecule has 0 aliphatic rings.